The molecule has 0 unspecified atom stereocenters. The molecule has 0 radical (unpaired) electrons. The molecule has 0 atom stereocenters. The van der Waals surface area contributed by atoms with Gasteiger partial charge in [0, 0.05) is 0 Å². The number of rotatable bonds is 3. The SMILES string of the molecule is C[NH2+]CC[NH+]=C(N)N. The third kappa shape index (κ3) is 5.23. The van der Waals surface area contributed by atoms with Crippen LogP contribution in [0.4, 0.5) is 0 Å². The van der Waals surface area contributed by atoms with E-state index in [0.29, 0.717) is 5.96 Å². The van der Waals surface area contributed by atoms with Crippen LogP contribution in [0.5, 0.6) is 0 Å². The number of nitrogens with two attached hydrogens (primary N) is 3. The lowest BCUT2D eigenvalue weighted by molar-refractivity contribution is -0.653. The van der Waals surface area contributed by atoms with Gasteiger partial charge in [-0.05, 0) is 0 Å². The Morgan fingerprint density at radius 2 is 2.25 bits per heavy atom. The Morgan fingerprint density at radius 1 is 1.62 bits per heavy atom. The normalized spacial score (nSPS) is 8.62. The third-order valence-corrected chi connectivity index (χ3v) is 0.762. The molecule has 0 fully saturated rings. The summed E-state index contributed by atoms with van der Waals surface area (Å²) in [5, 5.41) is 2.05. The van der Waals surface area contributed by atoms with Crippen molar-refractivity contribution >= 4 is 5.96 Å². The van der Waals surface area contributed by atoms with Gasteiger partial charge < -0.3 is 5.32 Å². The lowest BCUT2D eigenvalue weighted by Crippen LogP contribution is -2.89. The molecule has 0 aromatic carbocycles. The molecule has 0 saturated heterocycles. The van der Waals surface area contributed by atoms with E-state index in [1.807, 2.05) is 7.05 Å². The molecule has 0 bridgehead atoms. The molecule has 4 heteroatoms. The second kappa shape index (κ2) is 4.39. The first kappa shape index (κ1) is 7.23. The zero-order valence-electron chi connectivity index (χ0n) is 5.15. The van der Waals surface area contributed by atoms with Crippen molar-refractivity contribution in [2.24, 2.45) is 11.5 Å². The molecule has 0 heterocycles. The zero-order valence-corrected chi connectivity index (χ0v) is 5.15. The molecule has 4 nitrogen and oxygen atoms in total. The average molecular weight is 118 g/mol. The van der Waals surface area contributed by atoms with E-state index >= 15 is 0 Å². The smallest absolute Gasteiger partial charge is 0.338 e. The Hall–Kier alpha value is -0.770. The molecule has 0 spiro atoms. The second-order valence-electron chi connectivity index (χ2n) is 1.58. The summed E-state index contributed by atoms with van der Waals surface area (Å²) in [4.78, 5) is 2.79. The first-order chi connectivity index (χ1) is 3.77. The molecule has 0 saturated carbocycles. The summed E-state index contributed by atoms with van der Waals surface area (Å²) < 4.78 is 0. The number of hydrogen-bond donors (Lipinski definition) is 4. The maximum Gasteiger partial charge on any atom is 0.338 e. The fourth-order valence-corrected chi connectivity index (χ4v) is 0.361. The molecule has 0 aliphatic carbocycles. The van der Waals surface area contributed by atoms with Crippen LogP contribution in [-0.2, 0) is 0 Å². The van der Waals surface area contributed by atoms with Crippen LogP contribution in [0.2, 0.25) is 0 Å². The van der Waals surface area contributed by atoms with Crippen LogP contribution in [0.25, 0.3) is 0 Å². The Labute approximate surface area is 49.0 Å². The van der Waals surface area contributed by atoms with Crippen LogP contribution >= 0.6 is 0 Å². The summed E-state index contributed by atoms with van der Waals surface area (Å²) in [5.74, 6) is 0.298. The molecule has 7 N–H and O–H groups in total. The van der Waals surface area contributed by atoms with Gasteiger partial charge in [-0.15, -0.1) is 0 Å². The predicted molar refractivity (Wildman–Crippen MR) is 31.9 cm³/mol. The van der Waals surface area contributed by atoms with Crippen LogP contribution in [0.1, 0.15) is 0 Å². The van der Waals surface area contributed by atoms with E-state index in [1.54, 1.807) is 0 Å². The van der Waals surface area contributed by atoms with E-state index in [0.717, 1.165) is 13.1 Å². The van der Waals surface area contributed by atoms with Crippen LogP contribution in [0.15, 0.2) is 0 Å². The van der Waals surface area contributed by atoms with Crippen molar-refractivity contribution in [2.75, 3.05) is 20.1 Å². The molecule has 0 aliphatic heterocycles. The predicted octanol–water partition coefficient (Wildman–Crippen LogP) is -4.47. The largest absolute Gasteiger partial charge is 0.346 e. The minimum atomic E-state index is 0.298. The van der Waals surface area contributed by atoms with E-state index in [9.17, 15) is 0 Å². The summed E-state index contributed by atoms with van der Waals surface area (Å²) in [7, 11) is 1.99. The topological polar surface area (TPSA) is 82.6 Å². The number of guanidine groups is 1. The van der Waals surface area contributed by atoms with E-state index < -0.39 is 0 Å². The van der Waals surface area contributed by atoms with Gasteiger partial charge in [0.1, 0.15) is 13.1 Å². The maximum absolute atomic E-state index is 5.10. The molecule has 0 amide bonds. The Kier molecular flexibility index (Phi) is 3.97. The van der Waals surface area contributed by atoms with Gasteiger partial charge >= 0.3 is 5.96 Å². The Bertz CT molecular complexity index is 74.1. The van der Waals surface area contributed by atoms with Gasteiger partial charge in [-0.3, -0.25) is 16.5 Å². The highest BCUT2D eigenvalue weighted by Crippen LogP contribution is 1.22. The van der Waals surface area contributed by atoms with Crippen molar-refractivity contribution in [3.63, 3.8) is 0 Å². The summed E-state index contributed by atoms with van der Waals surface area (Å²) in [5.41, 5.74) is 10.2. The summed E-state index contributed by atoms with van der Waals surface area (Å²) >= 11 is 0. The Balaban J connectivity index is 3.03. The van der Waals surface area contributed by atoms with Crippen molar-refractivity contribution in [3.8, 4) is 0 Å². The minimum Gasteiger partial charge on any atom is -0.346 e. The molecule has 0 aliphatic rings. The second-order valence-corrected chi connectivity index (χ2v) is 1.58. The van der Waals surface area contributed by atoms with Gasteiger partial charge in [-0.1, -0.05) is 0 Å². The van der Waals surface area contributed by atoms with Gasteiger partial charge in [-0.2, -0.15) is 0 Å². The Morgan fingerprint density at radius 3 is 2.62 bits per heavy atom. The summed E-state index contributed by atoms with van der Waals surface area (Å²) in [6.45, 7) is 1.83. The third-order valence-electron chi connectivity index (χ3n) is 0.762. The maximum atomic E-state index is 5.10. The summed E-state index contributed by atoms with van der Waals surface area (Å²) in [6.07, 6.45) is 0. The van der Waals surface area contributed by atoms with Gasteiger partial charge in [0.25, 0.3) is 0 Å². The number of hydrogen-bond acceptors (Lipinski definition) is 0. The highest BCUT2D eigenvalue weighted by molar-refractivity contribution is 5.69. The van der Waals surface area contributed by atoms with Crippen LogP contribution in [-0.4, -0.2) is 26.1 Å². The monoisotopic (exact) mass is 118 g/mol. The fourth-order valence-electron chi connectivity index (χ4n) is 0.361. The van der Waals surface area contributed by atoms with Crippen molar-refractivity contribution in [2.45, 2.75) is 0 Å². The van der Waals surface area contributed by atoms with Crippen molar-refractivity contribution in [3.05, 3.63) is 0 Å². The number of nitrogens with one attached hydrogen (secondary N) is 1. The average Bonchev–Trinajstić information content (AvgIpc) is 1.66. The van der Waals surface area contributed by atoms with E-state index in [2.05, 4.69) is 10.3 Å². The lowest BCUT2D eigenvalue weighted by Gasteiger charge is -1.86. The van der Waals surface area contributed by atoms with E-state index in [1.165, 1.54) is 0 Å². The molecule has 0 aromatic heterocycles. The first-order valence-electron chi connectivity index (χ1n) is 2.67. The molecule has 48 valence electrons. The van der Waals surface area contributed by atoms with Crippen LogP contribution in [0.3, 0.4) is 0 Å². The standard InChI is InChI=1S/C4H12N4/c1-7-2-3-8-4(5)6/h7H,2-3H2,1H3,(H4,5,6,8)/p+2. The number of likely N-dealkylation sites (N-methyl/N-ethyl adjacent to an activating group) is 1. The van der Waals surface area contributed by atoms with Crippen LogP contribution in [0, 0.1) is 0 Å². The van der Waals surface area contributed by atoms with Gasteiger partial charge in [0.2, 0.25) is 0 Å². The molecule has 0 aromatic rings. The van der Waals surface area contributed by atoms with E-state index in [-0.39, 0.29) is 0 Å². The van der Waals surface area contributed by atoms with Crippen LogP contribution < -0.4 is 21.8 Å². The molecule has 0 rings (SSSR count). The van der Waals surface area contributed by atoms with Crippen molar-refractivity contribution in [1.82, 2.24) is 0 Å². The first-order valence-corrected chi connectivity index (χ1v) is 2.67. The quantitative estimate of drug-likeness (QED) is 0.171. The molecular formula is C4H14N4+2. The van der Waals surface area contributed by atoms with Crippen molar-refractivity contribution < 1.29 is 10.3 Å². The highest BCUT2D eigenvalue weighted by atomic mass is 15.0. The van der Waals surface area contributed by atoms with Gasteiger partial charge in [-0.25, -0.2) is 0 Å². The van der Waals surface area contributed by atoms with Crippen molar-refractivity contribution in [1.29, 1.82) is 0 Å². The minimum absolute atomic E-state index is 0.298. The molecular weight excluding hydrogens is 104 g/mol. The molecule has 8 heavy (non-hydrogen) atoms. The summed E-state index contributed by atoms with van der Waals surface area (Å²) in [6, 6.07) is 0. The van der Waals surface area contributed by atoms with E-state index in [4.69, 9.17) is 11.5 Å². The van der Waals surface area contributed by atoms with Gasteiger partial charge in [0.15, 0.2) is 0 Å². The zero-order chi connectivity index (χ0) is 6.41. The fraction of sp³-hybridized carbons (Fsp3) is 0.750. The highest BCUT2D eigenvalue weighted by Gasteiger charge is 1.84. The van der Waals surface area contributed by atoms with Gasteiger partial charge in [0.05, 0.1) is 7.05 Å². The number of quaternary nitrogens is 1. The lowest BCUT2D eigenvalue weighted by atomic mass is 10.6.